The number of ether oxygens (including phenoxy) is 1. The van der Waals surface area contributed by atoms with Crippen LogP contribution >= 0.6 is 0 Å². The smallest absolute Gasteiger partial charge is 0.412 e. The van der Waals surface area contributed by atoms with Crippen LogP contribution in [0.4, 0.5) is 10.5 Å². The Morgan fingerprint density at radius 2 is 1.16 bits per heavy atom. The molecule has 3 aromatic carbocycles. The number of anilines is 1. The number of carbonyl (C=O) groups excluding carboxylic acids is 1. The Hall–Kier alpha value is -3.19. The van der Waals surface area contributed by atoms with E-state index >= 15 is 0 Å². The summed E-state index contributed by atoms with van der Waals surface area (Å²) >= 11 is 0. The predicted molar refractivity (Wildman–Crippen MR) is 187 cm³/mol. The monoisotopic (exact) mass is 610 g/mol. The summed E-state index contributed by atoms with van der Waals surface area (Å²) in [5.74, 6) is 0. The molecule has 0 spiro atoms. The number of rotatable bonds is 15. The zero-order valence-corrected chi connectivity index (χ0v) is 27.5. The molecule has 2 aliphatic rings. The minimum atomic E-state index is -0.420. The highest BCUT2D eigenvalue weighted by Gasteiger charge is 2.33. The number of benzene rings is 3. The third-order valence-corrected chi connectivity index (χ3v) is 9.72. The normalized spacial score (nSPS) is 17.6. The van der Waals surface area contributed by atoms with Crippen molar-refractivity contribution in [3.05, 3.63) is 90.5 Å². The van der Waals surface area contributed by atoms with E-state index in [1.807, 2.05) is 42.5 Å². The number of piperazine rings is 1. The molecule has 5 rings (SSSR count). The first kappa shape index (κ1) is 33.2. The van der Waals surface area contributed by atoms with Gasteiger partial charge in [0.1, 0.15) is 5.60 Å². The van der Waals surface area contributed by atoms with Crippen molar-refractivity contribution in [2.75, 3.05) is 64.2 Å². The Labute approximate surface area is 271 Å². The van der Waals surface area contributed by atoms with Gasteiger partial charge in [0.15, 0.2) is 0 Å². The van der Waals surface area contributed by atoms with E-state index in [0.29, 0.717) is 0 Å². The minimum Gasteiger partial charge on any atom is -0.443 e. The van der Waals surface area contributed by atoms with Crippen LogP contribution in [-0.4, -0.2) is 85.3 Å². The average Bonchev–Trinajstić information content (AvgIpc) is 3.07. The van der Waals surface area contributed by atoms with Crippen LogP contribution in [0.25, 0.3) is 11.1 Å². The second kappa shape index (κ2) is 17.5. The predicted octanol–water partition coefficient (Wildman–Crippen LogP) is 7.96. The second-order valence-corrected chi connectivity index (χ2v) is 13.3. The van der Waals surface area contributed by atoms with Crippen molar-refractivity contribution in [1.82, 2.24) is 14.7 Å². The highest BCUT2D eigenvalue weighted by Crippen LogP contribution is 2.30. The fourth-order valence-corrected chi connectivity index (χ4v) is 6.72. The van der Waals surface area contributed by atoms with E-state index in [4.69, 9.17) is 4.74 Å². The Morgan fingerprint density at radius 1 is 0.644 bits per heavy atom. The quantitative estimate of drug-likeness (QED) is 0.177. The summed E-state index contributed by atoms with van der Waals surface area (Å²) in [5, 5.41) is 3.01. The van der Waals surface area contributed by atoms with Crippen LogP contribution in [0.2, 0.25) is 0 Å². The lowest BCUT2D eigenvalue weighted by molar-refractivity contribution is -0.0163. The van der Waals surface area contributed by atoms with Crippen molar-refractivity contribution >= 4 is 11.8 Å². The highest BCUT2D eigenvalue weighted by molar-refractivity contribution is 5.91. The van der Waals surface area contributed by atoms with E-state index in [1.54, 1.807) is 0 Å². The first-order valence-corrected chi connectivity index (χ1v) is 17.4. The number of nitrogens with one attached hydrogen (secondary N) is 1. The van der Waals surface area contributed by atoms with Crippen molar-refractivity contribution in [1.29, 1.82) is 0 Å². The molecule has 0 radical (unpaired) electrons. The Bertz CT molecular complexity index is 1270. The van der Waals surface area contributed by atoms with Crippen LogP contribution in [0.1, 0.15) is 63.9 Å². The Balaban J connectivity index is 0.878. The van der Waals surface area contributed by atoms with Gasteiger partial charge in [0, 0.05) is 51.4 Å². The van der Waals surface area contributed by atoms with Gasteiger partial charge in [0.05, 0.1) is 5.69 Å². The molecule has 2 fully saturated rings. The van der Waals surface area contributed by atoms with Crippen LogP contribution in [0.3, 0.4) is 0 Å². The molecule has 6 nitrogen and oxygen atoms in total. The van der Waals surface area contributed by atoms with E-state index in [2.05, 4.69) is 69.4 Å². The molecule has 0 saturated carbocycles. The van der Waals surface area contributed by atoms with Gasteiger partial charge in [0.25, 0.3) is 0 Å². The fourth-order valence-electron chi connectivity index (χ4n) is 6.72. The number of amides is 1. The van der Waals surface area contributed by atoms with E-state index < -0.39 is 5.60 Å². The van der Waals surface area contributed by atoms with Gasteiger partial charge >= 0.3 is 6.09 Å². The summed E-state index contributed by atoms with van der Waals surface area (Å²) < 4.78 is 6.00. The van der Waals surface area contributed by atoms with Crippen LogP contribution in [0.5, 0.6) is 0 Å². The number of hydrogen-bond donors (Lipinski definition) is 1. The van der Waals surface area contributed by atoms with Crippen LogP contribution in [0.15, 0.2) is 84.9 Å². The molecular weight excluding hydrogens is 556 g/mol. The topological polar surface area (TPSA) is 48.1 Å². The second-order valence-electron chi connectivity index (χ2n) is 13.3. The van der Waals surface area contributed by atoms with Gasteiger partial charge in [-0.1, -0.05) is 105 Å². The summed E-state index contributed by atoms with van der Waals surface area (Å²) in [6.07, 6.45) is 10.5. The maximum Gasteiger partial charge on any atom is 0.412 e. The zero-order valence-electron chi connectivity index (χ0n) is 27.5. The lowest BCUT2D eigenvalue weighted by atomic mass is 9.93. The van der Waals surface area contributed by atoms with Gasteiger partial charge in [-0.25, -0.2) is 4.79 Å². The van der Waals surface area contributed by atoms with Crippen LogP contribution < -0.4 is 5.32 Å². The van der Waals surface area contributed by atoms with Gasteiger partial charge in [-0.3, -0.25) is 5.32 Å². The number of likely N-dealkylation sites (tertiary alicyclic amines) is 1. The Morgan fingerprint density at radius 3 is 1.80 bits per heavy atom. The summed E-state index contributed by atoms with van der Waals surface area (Å²) in [6, 6.07) is 28.9. The van der Waals surface area contributed by atoms with Crippen molar-refractivity contribution < 1.29 is 9.53 Å². The molecule has 0 unspecified atom stereocenters. The molecule has 2 saturated heterocycles. The van der Waals surface area contributed by atoms with Crippen molar-refractivity contribution in [3.63, 3.8) is 0 Å². The molecule has 1 amide bonds. The van der Waals surface area contributed by atoms with Gasteiger partial charge in [-0.15, -0.1) is 0 Å². The summed E-state index contributed by atoms with van der Waals surface area (Å²) in [6.45, 7) is 12.5. The third kappa shape index (κ3) is 11.0. The van der Waals surface area contributed by atoms with E-state index in [-0.39, 0.29) is 6.09 Å². The summed E-state index contributed by atoms with van der Waals surface area (Å²) in [7, 11) is 0. The molecule has 242 valence electrons. The molecule has 2 heterocycles. The number of carbonyl (C=O) groups is 1. The number of nitrogens with zero attached hydrogens (tertiary/aromatic N) is 3. The fraction of sp³-hybridized carbons (Fsp3) is 0.513. The molecular formula is C39H54N4O2. The molecule has 0 bridgehead atoms. The maximum absolute atomic E-state index is 12.9. The van der Waals surface area contributed by atoms with Crippen molar-refractivity contribution in [3.8, 4) is 11.1 Å². The van der Waals surface area contributed by atoms with Gasteiger partial charge < -0.3 is 19.4 Å². The number of unbranched alkanes of at least 4 members (excludes halogenated alkanes) is 5. The summed E-state index contributed by atoms with van der Waals surface area (Å²) in [4.78, 5) is 20.7. The first-order valence-electron chi connectivity index (χ1n) is 17.4. The molecule has 3 aromatic rings. The average molecular weight is 611 g/mol. The standard InChI is InChI=1S/C39H54N4O2/c1-39(45-38(44)40-37-21-13-12-20-36(37)35-18-10-7-11-19-35)23-28-41(29-24-39)25-14-4-2-3-5-15-26-42-30-32-43(33-31-42)27-22-34-16-8-6-9-17-34/h6-13,16-21H,2-5,14-15,22-33H2,1H3,(H,40,44). The number of para-hydroxylation sites is 1. The third-order valence-electron chi connectivity index (χ3n) is 9.72. The van der Waals surface area contributed by atoms with Crippen LogP contribution in [-0.2, 0) is 11.2 Å². The largest absolute Gasteiger partial charge is 0.443 e. The van der Waals surface area contributed by atoms with Gasteiger partial charge in [0.2, 0.25) is 0 Å². The number of piperidine rings is 1. The Kier molecular flexibility index (Phi) is 12.9. The molecule has 0 atom stereocenters. The molecule has 0 aromatic heterocycles. The first-order chi connectivity index (χ1) is 22.1. The highest BCUT2D eigenvalue weighted by atomic mass is 16.6. The molecule has 1 N–H and O–H groups in total. The molecule has 0 aliphatic carbocycles. The molecule has 6 heteroatoms. The zero-order chi connectivity index (χ0) is 31.2. The van der Waals surface area contributed by atoms with Crippen molar-refractivity contribution in [2.45, 2.75) is 70.3 Å². The van der Waals surface area contributed by atoms with E-state index in [1.165, 1.54) is 83.4 Å². The lowest BCUT2D eigenvalue weighted by Crippen LogP contribution is -2.47. The molecule has 45 heavy (non-hydrogen) atoms. The SMILES string of the molecule is CC1(OC(=O)Nc2ccccc2-c2ccccc2)CCN(CCCCCCCCN2CCN(CCc3ccccc3)CC2)CC1. The van der Waals surface area contributed by atoms with Gasteiger partial charge in [-0.05, 0) is 69.3 Å². The van der Waals surface area contributed by atoms with Gasteiger partial charge in [-0.2, -0.15) is 0 Å². The number of hydrogen-bond acceptors (Lipinski definition) is 5. The molecule has 2 aliphatic heterocycles. The van der Waals surface area contributed by atoms with E-state index in [0.717, 1.165) is 55.7 Å². The van der Waals surface area contributed by atoms with Crippen LogP contribution in [0, 0.1) is 0 Å². The maximum atomic E-state index is 12.9. The minimum absolute atomic E-state index is 0.365. The van der Waals surface area contributed by atoms with E-state index in [9.17, 15) is 4.79 Å². The summed E-state index contributed by atoms with van der Waals surface area (Å²) in [5.41, 5.74) is 3.89. The lowest BCUT2D eigenvalue weighted by Gasteiger charge is -2.38. The van der Waals surface area contributed by atoms with Crippen molar-refractivity contribution in [2.24, 2.45) is 0 Å².